The van der Waals surface area contributed by atoms with E-state index in [2.05, 4.69) is 24.5 Å². The largest absolute Gasteiger partial charge is 0.369 e. The average molecular weight is 320 g/mol. The maximum Gasteiger partial charge on any atom is 0.367 e. The van der Waals surface area contributed by atoms with Gasteiger partial charge in [-0.1, -0.05) is 0 Å². The number of amidine groups is 2. The molecule has 2 aliphatic rings. The molecule has 10 nitrogen and oxygen atoms in total. The molecule has 2 aliphatic heterocycles. The zero-order valence-corrected chi connectivity index (χ0v) is 12.5. The summed E-state index contributed by atoms with van der Waals surface area (Å²) in [6.45, 7) is 1.15. The molecule has 0 fully saturated rings. The Kier molecular flexibility index (Phi) is 4.67. The molecule has 0 saturated carbocycles. The fourth-order valence-electron chi connectivity index (χ4n) is 1.51. The van der Waals surface area contributed by atoms with Crippen LogP contribution in [0.2, 0.25) is 0 Å². The van der Waals surface area contributed by atoms with Gasteiger partial charge in [0.25, 0.3) is 0 Å². The van der Waals surface area contributed by atoms with E-state index < -0.39 is 10.2 Å². The van der Waals surface area contributed by atoms with E-state index in [0.29, 0.717) is 13.2 Å². The number of hydrazine groups is 1. The molecule has 0 spiro atoms. The van der Waals surface area contributed by atoms with E-state index in [0.717, 1.165) is 11.6 Å². The highest BCUT2D eigenvalue weighted by Gasteiger charge is 2.22. The Bertz CT molecular complexity index is 543. The molecule has 0 amide bonds. The number of rotatable bonds is 5. The Morgan fingerprint density at radius 2 is 2.20 bits per heavy atom. The van der Waals surface area contributed by atoms with Crippen molar-refractivity contribution in [3.63, 3.8) is 0 Å². The summed E-state index contributed by atoms with van der Waals surface area (Å²) >= 11 is 1.67. The first kappa shape index (κ1) is 14.9. The van der Waals surface area contributed by atoms with E-state index in [-0.39, 0.29) is 11.7 Å². The fraction of sp³-hybridized carbons (Fsp3) is 0.625. The Hall–Kier alpha value is -1.53. The third-order valence-corrected chi connectivity index (χ3v) is 4.19. The predicted molar refractivity (Wildman–Crippen MR) is 79.4 cm³/mol. The van der Waals surface area contributed by atoms with Crippen LogP contribution in [0.4, 0.5) is 0 Å². The number of likely N-dealkylation sites (N-methyl/N-ethyl adjacent to an activating group) is 1. The molecule has 0 aromatic heterocycles. The summed E-state index contributed by atoms with van der Waals surface area (Å²) in [4.78, 5) is 1.96. The van der Waals surface area contributed by atoms with Gasteiger partial charge in [-0.05, 0) is 0 Å². The number of thioether (sulfide) groups is 1. The number of nitrogens with one attached hydrogen (secondary N) is 2. The lowest BCUT2D eigenvalue weighted by Gasteiger charge is -2.15. The van der Waals surface area contributed by atoms with E-state index in [1.54, 1.807) is 25.1 Å². The van der Waals surface area contributed by atoms with Crippen LogP contribution in [0, 0.1) is 0 Å². The van der Waals surface area contributed by atoms with E-state index in [9.17, 15) is 8.42 Å². The maximum absolute atomic E-state index is 11.2. The lowest BCUT2D eigenvalue weighted by Crippen LogP contribution is -2.37. The first-order valence-corrected chi connectivity index (χ1v) is 8.30. The minimum atomic E-state index is -3.72. The second kappa shape index (κ2) is 6.28. The van der Waals surface area contributed by atoms with Crippen molar-refractivity contribution in [1.82, 2.24) is 20.7 Å². The molecule has 12 heteroatoms. The minimum Gasteiger partial charge on any atom is -0.369 e. The second-order valence-corrected chi connectivity index (χ2v) is 6.28. The van der Waals surface area contributed by atoms with Crippen LogP contribution in [0.5, 0.6) is 0 Å². The van der Waals surface area contributed by atoms with Crippen molar-refractivity contribution >= 4 is 40.0 Å². The number of nitrogens with zero attached hydrogens (tertiary/aromatic N) is 5. The molecule has 0 aliphatic carbocycles. The molecule has 2 rings (SSSR count). The van der Waals surface area contributed by atoms with Gasteiger partial charge in [0, 0.05) is 19.3 Å². The molecule has 0 atom stereocenters. The second-order valence-electron chi connectivity index (χ2n) is 3.94. The van der Waals surface area contributed by atoms with Crippen LogP contribution >= 0.6 is 11.8 Å². The van der Waals surface area contributed by atoms with Crippen LogP contribution in [-0.4, -0.2) is 68.3 Å². The van der Waals surface area contributed by atoms with Gasteiger partial charge in [-0.2, -0.15) is 13.5 Å². The van der Waals surface area contributed by atoms with Gasteiger partial charge in [0.2, 0.25) is 0 Å². The van der Waals surface area contributed by atoms with Gasteiger partial charge in [-0.25, -0.2) is 11.0 Å². The Morgan fingerprint density at radius 1 is 1.45 bits per heavy atom. The fourth-order valence-corrected chi connectivity index (χ4v) is 3.10. The van der Waals surface area contributed by atoms with Crippen LogP contribution in [-0.2, 0) is 10.2 Å². The first-order chi connectivity index (χ1) is 9.50. The summed E-state index contributed by atoms with van der Waals surface area (Å²) < 4.78 is 29.4. The molecule has 0 bridgehead atoms. The monoisotopic (exact) mass is 320 g/mol. The van der Waals surface area contributed by atoms with Gasteiger partial charge >= 0.3 is 10.2 Å². The Labute approximate surface area is 121 Å². The topological polar surface area (TPSA) is 128 Å². The molecule has 4 N–H and O–H groups in total. The third-order valence-electron chi connectivity index (χ3n) is 2.36. The van der Waals surface area contributed by atoms with Gasteiger partial charge in [0.1, 0.15) is 13.0 Å². The average Bonchev–Trinajstić information content (AvgIpc) is 2.92. The van der Waals surface area contributed by atoms with E-state index in [1.165, 1.54) is 5.12 Å². The molecule has 0 aromatic rings. The number of hydrogen-bond donors (Lipinski definition) is 3. The molecule has 112 valence electrons. The SMILES string of the molecule is CNC1=NS(=O)(=O)N=C1NCCSCN1C=NN(N)C1. The summed E-state index contributed by atoms with van der Waals surface area (Å²) in [6, 6.07) is 0. The zero-order chi connectivity index (χ0) is 14.6. The molecule has 20 heavy (non-hydrogen) atoms. The summed E-state index contributed by atoms with van der Waals surface area (Å²) in [5, 5.41) is 10.9. The van der Waals surface area contributed by atoms with Crippen LogP contribution in [0.3, 0.4) is 0 Å². The van der Waals surface area contributed by atoms with Crippen LogP contribution < -0.4 is 16.5 Å². The van der Waals surface area contributed by atoms with E-state index in [4.69, 9.17) is 5.84 Å². The molecular weight excluding hydrogens is 304 g/mol. The summed E-state index contributed by atoms with van der Waals surface area (Å²) in [5.74, 6) is 7.51. The lowest BCUT2D eigenvalue weighted by atomic mass is 10.5. The van der Waals surface area contributed by atoms with Gasteiger partial charge in [0.15, 0.2) is 11.7 Å². The summed E-state index contributed by atoms with van der Waals surface area (Å²) in [6.07, 6.45) is 1.68. The third kappa shape index (κ3) is 3.98. The van der Waals surface area contributed by atoms with Crippen LogP contribution in [0.25, 0.3) is 0 Å². The van der Waals surface area contributed by atoms with Crippen molar-refractivity contribution in [1.29, 1.82) is 0 Å². The minimum absolute atomic E-state index is 0.237. The quantitative estimate of drug-likeness (QED) is 0.389. The van der Waals surface area contributed by atoms with Gasteiger partial charge in [0.05, 0.1) is 5.88 Å². The van der Waals surface area contributed by atoms with E-state index in [1.807, 2.05) is 4.90 Å². The van der Waals surface area contributed by atoms with Gasteiger partial charge in [-0.15, -0.1) is 20.6 Å². The first-order valence-electron chi connectivity index (χ1n) is 5.75. The normalized spacial score (nSPS) is 20.1. The predicted octanol–water partition coefficient (Wildman–Crippen LogP) is -2.07. The summed E-state index contributed by atoms with van der Waals surface area (Å²) in [5.41, 5.74) is 0. The van der Waals surface area contributed by atoms with Crippen molar-refractivity contribution in [3.8, 4) is 0 Å². The standard InChI is InChI=1S/C8H16N8O2S2/c1-10-7-8(14-20(17,18)13-7)11-2-3-19-6-15-4-12-16(9)5-15/h4H,2-3,5-6,9H2,1H3,(H,10,13)(H,11,14). The smallest absolute Gasteiger partial charge is 0.367 e. The van der Waals surface area contributed by atoms with Crippen LogP contribution in [0.15, 0.2) is 13.9 Å². The molecule has 0 unspecified atom stereocenters. The van der Waals surface area contributed by atoms with Gasteiger partial charge < -0.3 is 15.5 Å². The van der Waals surface area contributed by atoms with Crippen molar-refractivity contribution in [2.24, 2.45) is 19.7 Å². The zero-order valence-electron chi connectivity index (χ0n) is 10.9. The van der Waals surface area contributed by atoms with Crippen molar-refractivity contribution in [3.05, 3.63) is 0 Å². The number of hydrazone groups is 1. The van der Waals surface area contributed by atoms with Crippen molar-refractivity contribution < 1.29 is 8.42 Å². The lowest BCUT2D eigenvalue weighted by molar-refractivity contribution is 0.256. The molecule has 0 aromatic carbocycles. The van der Waals surface area contributed by atoms with Gasteiger partial charge in [-0.3, -0.25) is 0 Å². The van der Waals surface area contributed by atoms with Crippen molar-refractivity contribution in [2.45, 2.75) is 0 Å². The Morgan fingerprint density at radius 3 is 2.85 bits per heavy atom. The maximum atomic E-state index is 11.2. The molecule has 2 heterocycles. The molecular formula is C8H16N8O2S2. The number of nitrogens with two attached hydrogens (primary N) is 1. The Balaban J connectivity index is 1.67. The molecule has 0 radical (unpaired) electrons. The molecule has 0 saturated heterocycles. The van der Waals surface area contributed by atoms with E-state index >= 15 is 0 Å². The highest BCUT2D eigenvalue weighted by molar-refractivity contribution is 7.99. The van der Waals surface area contributed by atoms with Crippen LogP contribution in [0.1, 0.15) is 0 Å². The van der Waals surface area contributed by atoms with Crippen molar-refractivity contribution in [2.75, 3.05) is 31.9 Å². The highest BCUT2D eigenvalue weighted by atomic mass is 32.2. The summed E-state index contributed by atoms with van der Waals surface area (Å²) in [7, 11) is -2.13. The number of hydrogen-bond acceptors (Lipinski definition) is 9. The highest BCUT2D eigenvalue weighted by Crippen LogP contribution is 2.07.